The van der Waals surface area contributed by atoms with E-state index >= 15 is 0 Å². The molecule has 0 saturated carbocycles. The molecule has 1 aromatic carbocycles. The van der Waals surface area contributed by atoms with Gasteiger partial charge in [0.15, 0.2) is 0 Å². The molecule has 0 aliphatic heterocycles. The number of methoxy groups -OCH3 is 1. The second-order valence-corrected chi connectivity index (χ2v) is 3.59. The van der Waals surface area contributed by atoms with Gasteiger partial charge in [-0.2, -0.15) is 0 Å². The number of rotatable bonds is 4. The molecule has 0 saturated heterocycles. The van der Waals surface area contributed by atoms with Gasteiger partial charge < -0.3 is 9.29 Å². The molecule has 0 amide bonds. The van der Waals surface area contributed by atoms with Crippen molar-refractivity contribution in [2.75, 3.05) is 12.9 Å². The zero-order chi connectivity index (χ0) is 9.68. The minimum Gasteiger partial charge on any atom is -0.772 e. The molecule has 1 unspecified atom stereocenters. The molecule has 0 fully saturated rings. The molecule has 13 heavy (non-hydrogen) atoms. The number of hydrogen-bond donors (Lipinski definition) is 0. The second kappa shape index (κ2) is 4.99. The summed E-state index contributed by atoms with van der Waals surface area (Å²) in [5.74, 6) is 0.883. The summed E-state index contributed by atoms with van der Waals surface area (Å²) in [6.07, 6.45) is 0.500. The van der Waals surface area contributed by atoms with Gasteiger partial charge in [0.05, 0.1) is 7.11 Å². The monoisotopic (exact) mass is 199 g/mol. The van der Waals surface area contributed by atoms with Crippen LogP contribution in [0.5, 0.6) is 5.75 Å². The second-order valence-electron chi connectivity index (χ2n) is 2.57. The average molecular weight is 199 g/mol. The van der Waals surface area contributed by atoms with Crippen molar-refractivity contribution in [1.82, 2.24) is 0 Å². The van der Waals surface area contributed by atoms with Gasteiger partial charge in [-0.3, -0.25) is 4.21 Å². The molecule has 0 bridgehead atoms. The summed E-state index contributed by atoms with van der Waals surface area (Å²) >= 11 is -1.98. The Kier molecular flexibility index (Phi) is 3.92. The van der Waals surface area contributed by atoms with Crippen LogP contribution in [0.3, 0.4) is 0 Å². The van der Waals surface area contributed by atoms with Crippen molar-refractivity contribution in [1.29, 1.82) is 0 Å². The highest BCUT2D eigenvalue weighted by molar-refractivity contribution is 7.79. The van der Waals surface area contributed by atoms with E-state index in [2.05, 4.69) is 0 Å². The standard InChI is InChI=1S/C9H12O3S/c1-12-9-5-3-2-4-8(9)6-7-13(10)11/h2-5H,6-7H2,1H3,(H,10,11)/p-1. The van der Waals surface area contributed by atoms with E-state index in [0.29, 0.717) is 6.42 Å². The molecular weight excluding hydrogens is 188 g/mol. The molecule has 0 N–H and O–H groups in total. The van der Waals surface area contributed by atoms with Crippen molar-refractivity contribution in [3.63, 3.8) is 0 Å². The Hall–Kier alpha value is -0.870. The van der Waals surface area contributed by atoms with E-state index < -0.39 is 11.1 Å². The lowest BCUT2D eigenvalue weighted by Crippen LogP contribution is -2.01. The van der Waals surface area contributed by atoms with Crippen molar-refractivity contribution in [3.05, 3.63) is 29.8 Å². The van der Waals surface area contributed by atoms with Gasteiger partial charge >= 0.3 is 0 Å². The topological polar surface area (TPSA) is 49.4 Å². The van der Waals surface area contributed by atoms with Crippen LogP contribution in [0, 0.1) is 0 Å². The summed E-state index contributed by atoms with van der Waals surface area (Å²) in [6, 6.07) is 7.41. The Morgan fingerprint density at radius 3 is 2.77 bits per heavy atom. The molecular formula is C9H11O3S-. The first-order valence-corrected chi connectivity index (χ1v) is 5.16. The molecule has 1 rings (SSSR count). The Labute approximate surface area is 80.0 Å². The number of ether oxygens (including phenoxy) is 1. The molecule has 4 heteroatoms. The smallest absolute Gasteiger partial charge is 0.122 e. The van der Waals surface area contributed by atoms with Crippen LogP contribution in [-0.2, 0) is 17.5 Å². The van der Waals surface area contributed by atoms with Crippen LogP contribution in [0.1, 0.15) is 5.56 Å². The van der Waals surface area contributed by atoms with E-state index in [-0.39, 0.29) is 5.75 Å². The van der Waals surface area contributed by atoms with Crippen molar-refractivity contribution in [2.24, 2.45) is 0 Å². The van der Waals surface area contributed by atoms with Gasteiger partial charge in [-0.1, -0.05) is 29.3 Å². The fourth-order valence-corrected chi connectivity index (χ4v) is 1.49. The van der Waals surface area contributed by atoms with E-state index in [1.807, 2.05) is 24.3 Å². The Morgan fingerprint density at radius 1 is 1.46 bits per heavy atom. The fourth-order valence-electron chi connectivity index (χ4n) is 1.10. The van der Waals surface area contributed by atoms with Crippen molar-refractivity contribution in [3.8, 4) is 5.75 Å². The van der Waals surface area contributed by atoms with Crippen LogP contribution in [0.15, 0.2) is 24.3 Å². The third-order valence-electron chi connectivity index (χ3n) is 1.73. The third kappa shape index (κ3) is 3.16. The Balaban J connectivity index is 2.69. The van der Waals surface area contributed by atoms with Gasteiger partial charge in [0.1, 0.15) is 5.75 Å². The first-order chi connectivity index (χ1) is 6.24. The quantitative estimate of drug-likeness (QED) is 0.683. The molecule has 0 spiro atoms. The minimum atomic E-state index is -1.98. The summed E-state index contributed by atoms with van der Waals surface area (Å²) in [7, 11) is 1.58. The highest BCUT2D eigenvalue weighted by atomic mass is 32.2. The zero-order valence-corrected chi connectivity index (χ0v) is 8.17. The molecule has 3 nitrogen and oxygen atoms in total. The molecule has 72 valence electrons. The van der Waals surface area contributed by atoms with Gasteiger partial charge in [-0.25, -0.2) is 0 Å². The summed E-state index contributed by atoms with van der Waals surface area (Å²) in [5, 5.41) is 0. The SMILES string of the molecule is COc1ccccc1CCS(=O)[O-]. The van der Waals surface area contributed by atoms with Crippen LogP contribution >= 0.6 is 0 Å². The predicted octanol–water partition coefficient (Wildman–Crippen LogP) is 1.12. The van der Waals surface area contributed by atoms with E-state index in [4.69, 9.17) is 4.74 Å². The van der Waals surface area contributed by atoms with E-state index in [9.17, 15) is 8.76 Å². The molecule has 0 aliphatic carbocycles. The number of benzene rings is 1. The Bertz CT molecular complexity index is 299. The van der Waals surface area contributed by atoms with E-state index in [0.717, 1.165) is 11.3 Å². The van der Waals surface area contributed by atoms with Crippen LogP contribution in [0.4, 0.5) is 0 Å². The van der Waals surface area contributed by atoms with E-state index in [1.165, 1.54) is 0 Å². The summed E-state index contributed by atoms with van der Waals surface area (Å²) in [6.45, 7) is 0. The molecule has 0 aromatic heterocycles. The lowest BCUT2D eigenvalue weighted by Gasteiger charge is -2.08. The van der Waals surface area contributed by atoms with Crippen LogP contribution < -0.4 is 4.74 Å². The molecule has 0 radical (unpaired) electrons. The third-order valence-corrected chi connectivity index (χ3v) is 2.27. The average Bonchev–Trinajstić information content (AvgIpc) is 2.15. The molecule has 0 heterocycles. The van der Waals surface area contributed by atoms with Crippen LogP contribution in [0.25, 0.3) is 0 Å². The Morgan fingerprint density at radius 2 is 2.15 bits per heavy atom. The summed E-state index contributed by atoms with van der Waals surface area (Å²) < 4.78 is 25.7. The van der Waals surface area contributed by atoms with Gasteiger partial charge in [0.2, 0.25) is 0 Å². The molecule has 1 aromatic rings. The summed E-state index contributed by atoms with van der Waals surface area (Å²) in [4.78, 5) is 0. The molecule has 0 aliphatic rings. The largest absolute Gasteiger partial charge is 0.772 e. The zero-order valence-electron chi connectivity index (χ0n) is 7.36. The van der Waals surface area contributed by atoms with Gasteiger partial charge in [0.25, 0.3) is 0 Å². The highest BCUT2D eigenvalue weighted by Crippen LogP contribution is 2.17. The number of hydrogen-bond acceptors (Lipinski definition) is 3. The summed E-state index contributed by atoms with van der Waals surface area (Å²) in [5.41, 5.74) is 0.925. The normalized spacial score (nSPS) is 12.5. The maximum Gasteiger partial charge on any atom is 0.122 e. The first-order valence-electron chi connectivity index (χ1n) is 3.92. The van der Waals surface area contributed by atoms with Crippen molar-refractivity contribution < 1.29 is 13.5 Å². The van der Waals surface area contributed by atoms with Gasteiger partial charge in [0, 0.05) is 5.75 Å². The van der Waals surface area contributed by atoms with Crippen molar-refractivity contribution in [2.45, 2.75) is 6.42 Å². The molecule has 1 atom stereocenters. The lowest BCUT2D eigenvalue weighted by molar-refractivity contribution is 0.410. The van der Waals surface area contributed by atoms with Gasteiger partial charge in [-0.15, -0.1) is 0 Å². The van der Waals surface area contributed by atoms with Gasteiger partial charge in [-0.05, 0) is 18.1 Å². The van der Waals surface area contributed by atoms with Crippen LogP contribution in [-0.4, -0.2) is 21.6 Å². The van der Waals surface area contributed by atoms with Crippen LogP contribution in [0.2, 0.25) is 0 Å². The number of aryl methyl sites for hydroxylation is 1. The number of para-hydroxylation sites is 1. The fraction of sp³-hybridized carbons (Fsp3) is 0.333. The maximum atomic E-state index is 10.3. The lowest BCUT2D eigenvalue weighted by atomic mass is 10.1. The maximum absolute atomic E-state index is 10.3. The first kappa shape index (κ1) is 10.2. The van der Waals surface area contributed by atoms with Crippen molar-refractivity contribution >= 4 is 11.1 Å². The minimum absolute atomic E-state index is 0.139. The highest BCUT2D eigenvalue weighted by Gasteiger charge is 2.00. The van der Waals surface area contributed by atoms with E-state index in [1.54, 1.807) is 7.11 Å². The predicted molar refractivity (Wildman–Crippen MR) is 50.5 cm³/mol.